The summed E-state index contributed by atoms with van der Waals surface area (Å²) in [5, 5.41) is 5.46. The predicted octanol–water partition coefficient (Wildman–Crippen LogP) is 5.00. The number of esters is 1. The number of ether oxygens (including phenoxy) is 3. The summed E-state index contributed by atoms with van der Waals surface area (Å²) in [4.78, 5) is 36.2. The Bertz CT molecular complexity index is 1150. The fourth-order valence-electron chi connectivity index (χ4n) is 3.23. The van der Waals surface area contributed by atoms with Crippen molar-refractivity contribution in [2.45, 2.75) is 26.7 Å². The van der Waals surface area contributed by atoms with E-state index in [0.717, 1.165) is 16.9 Å². The molecular weight excluding hydrogens is 448 g/mol. The van der Waals surface area contributed by atoms with Gasteiger partial charge in [0.2, 0.25) is 5.91 Å². The summed E-state index contributed by atoms with van der Waals surface area (Å²) in [5.74, 6) is 0.600. The first-order valence-electron chi connectivity index (χ1n) is 11.1. The lowest BCUT2D eigenvalue weighted by Crippen LogP contribution is -2.22. The molecule has 0 aliphatic rings. The van der Waals surface area contributed by atoms with Crippen molar-refractivity contribution in [2.75, 3.05) is 24.4 Å². The lowest BCUT2D eigenvalue weighted by molar-refractivity contribution is -0.147. The topological polar surface area (TPSA) is 103 Å². The Morgan fingerprint density at radius 3 is 1.89 bits per heavy atom. The molecular formula is C27H28N2O6. The van der Waals surface area contributed by atoms with Crippen molar-refractivity contribution in [3.63, 3.8) is 0 Å². The van der Waals surface area contributed by atoms with E-state index in [9.17, 15) is 14.4 Å². The summed E-state index contributed by atoms with van der Waals surface area (Å²) in [7, 11) is 1.60. The molecule has 8 heteroatoms. The second-order valence-corrected chi connectivity index (χ2v) is 7.83. The standard InChI is InChI=1S/C27H28N2O6/c1-18-5-4-6-19(2)27(18)29-25(31)17-34-26(32)16-15-24(30)28-20-7-9-22(10-8-20)35-23-13-11-21(33-3)12-14-23/h4-14H,15-17H2,1-3H3,(H,28,30)(H,29,31). The van der Waals surface area contributed by atoms with Gasteiger partial charge in [-0.1, -0.05) is 18.2 Å². The van der Waals surface area contributed by atoms with E-state index in [1.165, 1.54) is 0 Å². The lowest BCUT2D eigenvalue weighted by atomic mass is 10.1. The van der Waals surface area contributed by atoms with Gasteiger partial charge in [0, 0.05) is 17.8 Å². The van der Waals surface area contributed by atoms with Gasteiger partial charge in [-0.25, -0.2) is 0 Å². The Kier molecular flexibility index (Phi) is 8.83. The number of hydrogen-bond acceptors (Lipinski definition) is 6. The molecule has 0 atom stereocenters. The highest BCUT2D eigenvalue weighted by molar-refractivity contribution is 5.95. The van der Waals surface area contributed by atoms with Gasteiger partial charge in [0.05, 0.1) is 13.5 Å². The number of carbonyl (C=O) groups excluding carboxylic acids is 3. The second-order valence-electron chi connectivity index (χ2n) is 7.83. The van der Waals surface area contributed by atoms with E-state index in [-0.39, 0.29) is 18.7 Å². The van der Waals surface area contributed by atoms with Crippen molar-refractivity contribution in [2.24, 2.45) is 0 Å². The van der Waals surface area contributed by atoms with Gasteiger partial charge in [0.25, 0.3) is 5.91 Å². The number of para-hydroxylation sites is 1. The van der Waals surface area contributed by atoms with Gasteiger partial charge < -0.3 is 24.8 Å². The van der Waals surface area contributed by atoms with Crippen molar-refractivity contribution < 1.29 is 28.6 Å². The maximum atomic E-state index is 12.2. The number of anilines is 2. The molecule has 0 aliphatic heterocycles. The van der Waals surface area contributed by atoms with Crippen LogP contribution in [0.1, 0.15) is 24.0 Å². The number of nitrogens with one attached hydrogen (secondary N) is 2. The number of benzene rings is 3. The van der Waals surface area contributed by atoms with Crippen molar-refractivity contribution in [1.82, 2.24) is 0 Å². The molecule has 0 heterocycles. The van der Waals surface area contributed by atoms with Crippen LogP contribution in [0.2, 0.25) is 0 Å². The van der Waals surface area contributed by atoms with E-state index in [2.05, 4.69) is 10.6 Å². The third-order valence-electron chi connectivity index (χ3n) is 5.10. The van der Waals surface area contributed by atoms with Crippen molar-refractivity contribution in [1.29, 1.82) is 0 Å². The molecule has 0 bridgehead atoms. The zero-order valence-corrected chi connectivity index (χ0v) is 19.9. The highest BCUT2D eigenvalue weighted by Crippen LogP contribution is 2.25. The minimum Gasteiger partial charge on any atom is -0.497 e. The minimum absolute atomic E-state index is 0.0680. The first kappa shape index (κ1) is 25.3. The normalized spacial score (nSPS) is 10.3. The molecule has 0 aromatic heterocycles. The average molecular weight is 477 g/mol. The van der Waals surface area contributed by atoms with Crippen LogP contribution in [0.15, 0.2) is 66.7 Å². The molecule has 0 aliphatic carbocycles. The number of aryl methyl sites for hydroxylation is 2. The second kappa shape index (κ2) is 12.2. The summed E-state index contributed by atoms with van der Waals surface area (Å²) in [6.45, 7) is 3.35. The molecule has 0 fully saturated rings. The Hall–Kier alpha value is -4.33. The molecule has 3 aromatic carbocycles. The van der Waals surface area contributed by atoms with Gasteiger partial charge in [-0.15, -0.1) is 0 Å². The third-order valence-corrected chi connectivity index (χ3v) is 5.10. The van der Waals surface area contributed by atoms with Crippen molar-refractivity contribution >= 4 is 29.2 Å². The van der Waals surface area contributed by atoms with Gasteiger partial charge in [-0.05, 0) is 73.5 Å². The molecule has 0 saturated carbocycles. The van der Waals surface area contributed by atoms with E-state index in [1.54, 1.807) is 55.6 Å². The summed E-state index contributed by atoms with van der Waals surface area (Å²) in [6, 6.07) is 19.7. The van der Waals surface area contributed by atoms with Crippen LogP contribution in [0.4, 0.5) is 11.4 Å². The van der Waals surface area contributed by atoms with Crippen LogP contribution in [0.25, 0.3) is 0 Å². The van der Waals surface area contributed by atoms with E-state index in [1.807, 2.05) is 32.0 Å². The highest BCUT2D eigenvalue weighted by atomic mass is 16.5. The zero-order valence-electron chi connectivity index (χ0n) is 19.9. The van der Waals surface area contributed by atoms with E-state index < -0.39 is 18.5 Å². The maximum Gasteiger partial charge on any atom is 0.306 e. The third kappa shape index (κ3) is 7.89. The number of rotatable bonds is 10. The molecule has 0 saturated heterocycles. The molecule has 3 aromatic rings. The van der Waals surface area contributed by atoms with Crippen LogP contribution >= 0.6 is 0 Å². The van der Waals surface area contributed by atoms with Gasteiger partial charge in [0.15, 0.2) is 6.61 Å². The van der Waals surface area contributed by atoms with Gasteiger partial charge in [-0.2, -0.15) is 0 Å². The fraction of sp³-hybridized carbons (Fsp3) is 0.222. The number of amides is 2. The summed E-state index contributed by atoms with van der Waals surface area (Å²) >= 11 is 0. The Balaban J connectivity index is 1.38. The maximum absolute atomic E-state index is 12.2. The monoisotopic (exact) mass is 476 g/mol. The molecule has 3 rings (SSSR count). The number of carbonyl (C=O) groups is 3. The number of hydrogen-bond donors (Lipinski definition) is 2. The van der Waals surface area contributed by atoms with Crippen LogP contribution in [-0.4, -0.2) is 31.5 Å². The Morgan fingerprint density at radius 1 is 0.714 bits per heavy atom. The van der Waals surface area contributed by atoms with E-state index in [4.69, 9.17) is 14.2 Å². The molecule has 2 amide bonds. The van der Waals surface area contributed by atoms with Gasteiger partial charge >= 0.3 is 5.97 Å². The molecule has 0 spiro atoms. The first-order chi connectivity index (χ1) is 16.8. The van der Waals surface area contributed by atoms with Crippen molar-refractivity contribution in [3.8, 4) is 17.2 Å². The Labute approximate surface area is 204 Å². The summed E-state index contributed by atoms with van der Waals surface area (Å²) < 4.78 is 15.9. The van der Waals surface area contributed by atoms with E-state index in [0.29, 0.717) is 22.9 Å². The molecule has 0 radical (unpaired) electrons. The minimum atomic E-state index is -0.625. The van der Waals surface area contributed by atoms with Crippen LogP contribution in [0, 0.1) is 13.8 Å². The molecule has 35 heavy (non-hydrogen) atoms. The zero-order chi connectivity index (χ0) is 25.2. The molecule has 2 N–H and O–H groups in total. The fourth-order valence-corrected chi connectivity index (χ4v) is 3.23. The highest BCUT2D eigenvalue weighted by Gasteiger charge is 2.12. The van der Waals surface area contributed by atoms with Crippen LogP contribution < -0.4 is 20.1 Å². The predicted molar refractivity (Wildman–Crippen MR) is 133 cm³/mol. The number of methoxy groups -OCH3 is 1. The largest absolute Gasteiger partial charge is 0.497 e. The van der Waals surface area contributed by atoms with Gasteiger partial charge in [0.1, 0.15) is 17.2 Å². The van der Waals surface area contributed by atoms with Crippen LogP contribution in [-0.2, 0) is 19.1 Å². The van der Waals surface area contributed by atoms with E-state index >= 15 is 0 Å². The van der Waals surface area contributed by atoms with Crippen LogP contribution in [0.3, 0.4) is 0 Å². The Morgan fingerprint density at radius 2 is 1.29 bits per heavy atom. The molecule has 8 nitrogen and oxygen atoms in total. The first-order valence-corrected chi connectivity index (χ1v) is 11.1. The van der Waals surface area contributed by atoms with Crippen molar-refractivity contribution in [3.05, 3.63) is 77.9 Å². The summed E-state index contributed by atoms with van der Waals surface area (Å²) in [6.07, 6.45) is -0.206. The van der Waals surface area contributed by atoms with Crippen LogP contribution in [0.5, 0.6) is 17.2 Å². The SMILES string of the molecule is COc1ccc(Oc2ccc(NC(=O)CCC(=O)OCC(=O)Nc3c(C)cccc3C)cc2)cc1. The average Bonchev–Trinajstić information content (AvgIpc) is 2.85. The lowest BCUT2D eigenvalue weighted by Gasteiger charge is -2.11. The molecule has 182 valence electrons. The van der Waals surface area contributed by atoms with Gasteiger partial charge in [-0.3, -0.25) is 14.4 Å². The smallest absolute Gasteiger partial charge is 0.306 e. The molecule has 0 unspecified atom stereocenters. The quantitative estimate of drug-likeness (QED) is 0.399. The summed E-state index contributed by atoms with van der Waals surface area (Å²) in [5.41, 5.74) is 3.11.